The molecule has 0 bridgehead atoms. The van der Waals surface area contributed by atoms with Gasteiger partial charge in [-0.25, -0.2) is 4.98 Å². The molecule has 2 nitrogen and oxygen atoms in total. The molecule has 0 radical (unpaired) electrons. The second-order valence-corrected chi connectivity index (χ2v) is 10.1. The fraction of sp³-hybridized carbons (Fsp3) is 0.179. The summed E-state index contributed by atoms with van der Waals surface area (Å²) >= 11 is 9.99. The molecular formula is C28H25BrClNO. The number of hydrogen-bond acceptors (Lipinski definition) is 2. The van der Waals surface area contributed by atoms with Crippen molar-refractivity contribution >= 4 is 27.5 Å². The normalized spacial score (nSPS) is 12.4. The van der Waals surface area contributed by atoms with Crippen LogP contribution >= 0.6 is 27.5 Å². The minimum absolute atomic E-state index is 0.0335. The molecule has 0 N–H and O–H groups in total. The third-order valence-corrected chi connectivity index (χ3v) is 6.02. The number of aromatic nitrogens is 1. The van der Waals surface area contributed by atoms with Crippen molar-refractivity contribution in [2.45, 2.75) is 32.1 Å². The van der Waals surface area contributed by atoms with Crippen molar-refractivity contribution in [3.8, 4) is 11.5 Å². The summed E-state index contributed by atoms with van der Waals surface area (Å²) in [6.07, 6.45) is 0. The van der Waals surface area contributed by atoms with Gasteiger partial charge in [-0.2, -0.15) is 0 Å². The van der Waals surface area contributed by atoms with Gasteiger partial charge in [0.05, 0.1) is 11.6 Å². The Hall–Kier alpha value is -2.62. The van der Waals surface area contributed by atoms with E-state index in [4.69, 9.17) is 21.3 Å². The highest BCUT2D eigenvalue weighted by Crippen LogP contribution is 2.36. The summed E-state index contributed by atoms with van der Waals surface area (Å²) in [6, 6.07) is 30.6. The molecule has 1 aromatic heterocycles. The maximum atomic E-state index is 6.49. The van der Waals surface area contributed by atoms with Gasteiger partial charge in [-0.3, -0.25) is 0 Å². The predicted molar refractivity (Wildman–Crippen MR) is 136 cm³/mol. The first-order valence-corrected chi connectivity index (χ1v) is 11.7. The maximum Gasteiger partial charge on any atom is 0.129 e. The van der Waals surface area contributed by atoms with Gasteiger partial charge in [-0.15, -0.1) is 0 Å². The molecule has 0 amide bonds. The Morgan fingerprint density at radius 2 is 1.44 bits per heavy atom. The number of ether oxygens (including phenoxy) is 1. The first-order chi connectivity index (χ1) is 15.3. The van der Waals surface area contributed by atoms with Gasteiger partial charge in [0.2, 0.25) is 0 Å². The van der Waals surface area contributed by atoms with Crippen LogP contribution < -0.4 is 4.74 Å². The van der Waals surface area contributed by atoms with E-state index in [9.17, 15) is 0 Å². The van der Waals surface area contributed by atoms with Crippen LogP contribution in [0.5, 0.6) is 11.5 Å². The molecule has 0 saturated heterocycles. The summed E-state index contributed by atoms with van der Waals surface area (Å²) in [6.45, 7) is 6.56. The smallest absolute Gasteiger partial charge is 0.129 e. The van der Waals surface area contributed by atoms with Crippen molar-refractivity contribution in [3.05, 3.63) is 123 Å². The second kappa shape index (κ2) is 9.48. The Morgan fingerprint density at radius 1 is 0.781 bits per heavy atom. The van der Waals surface area contributed by atoms with E-state index in [-0.39, 0.29) is 11.3 Å². The van der Waals surface area contributed by atoms with Gasteiger partial charge in [0.15, 0.2) is 0 Å². The lowest BCUT2D eigenvalue weighted by molar-refractivity contribution is 0.481. The summed E-state index contributed by atoms with van der Waals surface area (Å²) in [5.74, 6) is 1.49. The van der Waals surface area contributed by atoms with Crippen molar-refractivity contribution in [1.29, 1.82) is 0 Å². The average Bonchev–Trinajstić information content (AvgIpc) is 2.74. The summed E-state index contributed by atoms with van der Waals surface area (Å²) in [7, 11) is 0. The Balaban J connectivity index is 1.80. The van der Waals surface area contributed by atoms with Crippen molar-refractivity contribution in [2.24, 2.45) is 0 Å². The number of nitrogens with zero attached hydrogens (tertiary/aromatic N) is 1. The lowest BCUT2D eigenvalue weighted by Gasteiger charge is -2.24. The molecule has 0 aliphatic carbocycles. The van der Waals surface area contributed by atoms with Crippen LogP contribution in [0.4, 0.5) is 0 Å². The number of hydrogen-bond donors (Lipinski definition) is 0. The minimum Gasteiger partial charge on any atom is -0.457 e. The van der Waals surface area contributed by atoms with Crippen LogP contribution in [-0.2, 0) is 5.41 Å². The van der Waals surface area contributed by atoms with E-state index >= 15 is 0 Å². The molecule has 1 heterocycles. The van der Waals surface area contributed by atoms with Gasteiger partial charge < -0.3 is 4.74 Å². The molecule has 0 aliphatic heterocycles. The Kier molecular flexibility index (Phi) is 6.68. The molecular weight excluding hydrogens is 482 g/mol. The highest BCUT2D eigenvalue weighted by molar-refractivity contribution is 9.10. The number of benzene rings is 3. The lowest BCUT2D eigenvalue weighted by atomic mass is 9.83. The van der Waals surface area contributed by atoms with Gasteiger partial charge in [0.25, 0.3) is 0 Å². The molecule has 1 atom stereocenters. The van der Waals surface area contributed by atoms with E-state index in [1.54, 1.807) is 0 Å². The van der Waals surface area contributed by atoms with E-state index in [0.717, 1.165) is 38.4 Å². The van der Waals surface area contributed by atoms with Gasteiger partial charge >= 0.3 is 0 Å². The van der Waals surface area contributed by atoms with Crippen molar-refractivity contribution in [2.75, 3.05) is 0 Å². The molecule has 0 aliphatic rings. The molecule has 0 spiro atoms. The van der Waals surface area contributed by atoms with E-state index < -0.39 is 0 Å². The SMILES string of the molecule is CC(C)(C)c1cc(Cl)nc(C(c2ccccc2)c2cccc(Oc3cccc(Br)c3)c2)c1. The standard InChI is InChI=1S/C28H25BrClNO/c1-28(2,3)21-16-25(31-26(30)17-21)27(19-9-5-4-6-10-19)20-11-7-13-23(15-20)32-24-14-8-12-22(29)18-24/h4-18,27H,1-3H3. The molecule has 1 unspecified atom stereocenters. The molecule has 4 rings (SSSR count). The van der Waals surface area contributed by atoms with Gasteiger partial charge in [-0.1, -0.05) is 96.8 Å². The quantitative estimate of drug-likeness (QED) is 0.252. The lowest BCUT2D eigenvalue weighted by Crippen LogP contribution is -2.14. The van der Waals surface area contributed by atoms with Crippen LogP contribution in [0.1, 0.15) is 49.1 Å². The molecule has 0 saturated carbocycles. The Morgan fingerprint density at radius 3 is 2.12 bits per heavy atom. The summed E-state index contributed by atoms with van der Waals surface area (Å²) in [4.78, 5) is 4.74. The largest absolute Gasteiger partial charge is 0.457 e. The Labute approximate surface area is 203 Å². The third kappa shape index (κ3) is 5.40. The number of pyridine rings is 1. The fourth-order valence-corrected chi connectivity index (χ4v) is 4.30. The number of rotatable bonds is 5. The third-order valence-electron chi connectivity index (χ3n) is 5.33. The first-order valence-electron chi connectivity index (χ1n) is 10.6. The van der Waals surface area contributed by atoms with Crippen LogP contribution in [0, 0.1) is 0 Å². The van der Waals surface area contributed by atoms with Gasteiger partial charge in [-0.05, 0) is 64.6 Å². The molecule has 162 valence electrons. The van der Waals surface area contributed by atoms with Crippen LogP contribution in [0.2, 0.25) is 5.15 Å². The molecule has 4 aromatic rings. The average molecular weight is 507 g/mol. The van der Waals surface area contributed by atoms with Crippen LogP contribution in [-0.4, -0.2) is 4.98 Å². The number of halogens is 2. The second-order valence-electron chi connectivity index (χ2n) is 8.83. The molecule has 0 fully saturated rings. The van der Waals surface area contributed by atoms with Crippen molar-refractivity contribution in [3.63, 3.8) is 0 Å². The zero-order chi connectivity index (χ0) is 22.7. The predicted octanol–water partition coefficient (Wildman–Crippen LogP) is 8.77. The molecule has 4 heteroatoms. The van der Waals surface area contributed by atoms with E-state index in [0.29, 0.717) is 5.15 Å². The van der Waals surface area contributed by atoms with Gasteiger partial charge in [0, 0.05) is 4.47 Å². The van der Waals surface area contributed by atoms with E-state index in [2.05, 4.69) is 79.2 Å². The monoisotopic (exact) mass is 505 g/mol. The zero-order valence-corrected chi connectivity index (χ0v) is 20.7. The topological polar surface area (TPSA) is 22.1 Å². The summed E-state index contributed by atoms with van der Waals surface area (Å²) < 4.78 is 7.12. The van der Waals surface area contributed by atoms with Crippen LogP contribution in [0.25, 0.3) is 0 Å². The zero-order valence-electron chi connectivity index (χ0n) is 18.3. The Bertz CT molecular complexity index is 1220. The first kappa shape index (κ1) is 22.6. The summed E-state index contributed by atoms with van der Waals surface area (Å²) in [5.41, 5.74) is 4.30. The van der Waals surface area contributed by atoms with Crippen molar-refractivity contribution < 1.29 is 4.74 Å². The summed E-state index contributed by atoms with van der Waals surface area (Å²) in [5, 5.41) is 0.509. The maximum absolute atomic E-state index is 6.49. The highest BCUT2D eigenvalue weighted by Gasteiger charge is 2.23. The minimum atomic E-state index is -0.0675. The van der Waals surface area contributed by atoms with Crippen LogP contribution in [0.15, 0.2) is 95.5 Å². The van der Waals surface area contributed by atoms with Gasteiger partial charge in [0.1, 0.15) is 16.7 Å². The highest BCUT2D eigenvalue weighted by atomic mass is 79.9. The van der Waals surface area contributed by atoms with E-state index in [1.165, 1.54) is 0 Å². The fourth-order valence-electron chi connectivity index (χ4n) is 3.70. The molecule has 32 heavy (non-hydrogen) atoms. The molecule has 3 aromatic carbocycles. The van der Waals surface area contributed by atoms with Crippen molar-refractivity contribution in [1.82, 2.24) is 4.98 Å². The van der Waals surface area contributed by atoms with E-state index in [1.807, 2.05) is 48.5 Å². The van der Waals surface area contributed by atoms with Crippen LogP contribution in [0.3, 0.4) is 0 Å².